The number of ketones is 1. The van der Waals surface area contributed by atoms with Gasteiger partial charge in [0.1, 0.15) is 6.33 Å². The lowest BCUT2D eigenvalue weighted by Crippen LogP contribution is -2.02. The maximum Gasteiger partial charge on any atom is 0.269 e. The Kier molecular flexibility index (Phi) is 3.68. The van der Waals surface area contributed by atoms with E-state index in [2.05, 4.69) is 15.2 Å². The number of H-pyrrole nitrogens is 1. The van der Waals surface area contributed by atoms with Crippen LogP contribution in [0.3, 0.4) is 0 Å². The standard InChI is InChI=1S/C10H8N4O3S/c15-9(5-18-10-11-6-12-13-10)7-1-3-8(4-2-7)14(16)17/h1-4,6H,5H2,(H,11,12,13). The van der Waals surface area contributed by atoms with Gasteiger partial charge in [-0.3, -0.25) is 20.0 Å². The van der Waals surface area contributed by atoms with Crippen LogP contribution in [0.2, 0.25) is 0 Å². The number of hydrogen-bond donors (Lipinski definition) is 1. The van der Waals surface area contributed by atoms with Gasteiger partial charge in [0, 0.05) is 17.7 Å². The fraction of sp³-hybridized carbons (Fsp3) is 0.100. The Morgan fingerprint density at radius 3 is 2.67 bits per heavy atom. The molecule has 0 aliphatic heterocycles. The van der Waals surface area contributed by atoms with Crippen LogP contribution in [0.5, 0.6) is 0 Å². The largest absolute Gasteiger partial charge is 0.293 e. The van der Waals surface area contributed by atoms with Gasteiger partial charge in [-0.1, -0.05) is 11.8 Å². The summed E-state index contributed by atoms with van der Waals surface area (Å²) in [5.74, 6) is 0.0822. The molecule has 2 aromatic rings. The molecule has 7 nitrogen and oxygen atoms in total. The summed E-state index contributed by atoms with van der Waals surface area (Å²) in [7, 11) is 0. The number of nitrogens with one attached hydrogen (secondary N) is 1. The van der Waals surface area contributed by atoms with Crippen molar-refractivity contribution in [3.8, 4) is 0 Å². The predicted molar refractivity (Wildman–Crippen MR) is 64.5 cm³/mol. The number of carbonyl (C=O) groups excluding carboxylic acids is 1. The Morgan fingerprint density at radius 2 is 2.11 bits per heavy atom. The summed E-state index contributed by atoms with van der Waals surface area (Å²) in [4.78, 5) is 25.6. The molecule has 0 saturated heterocycles. The van der Waals surface area contributed by atoms with Gasteiger partial charge >= 0.3 is 0 Å². The summed E-state index contributed by atoms with van der Waals surface area (Å²) in [6, 6.07) is 5.52. The molecule has 0 bridgehead atoms. The Balaban J connectivity index is 1.98. The van der Waals surface area contributed by atoms with Gasteiger partial charge in [-0.2, -0.15) is 5.10 Å². The summed E-state index contributed by atoms with van der Waals surface area (Å²) >= 11 is 1.23. The molecular weight excluding hydrogens is 256 g/mol. The SMILES string of the molecule is O=C(CSc1ncn[nH]1)c1ccc([N+](=O)[O-])cc1. The molecule has 1 N–H and O–H groups in total. The molecule has 18 heavy (non-hydrogen) atoms. The first-order valence-corrected chi connectivity index (χ1v) is 5.91. The second kappa shape index (κ2) is 5.41. The summed E-state index contributed by atoms with van der Waals surface area (Å²) in [6.45, 7) is 0. The number of benzene rings is 1. The molecule has 0 spiro atoms. The van der Waals surface area contributed by atoms with E-state index in [-0.39, 0.29) is 17.2 Å². The van der Waals surface area contributed by atoms with Gasteiger partial charge < -0.3 is 0 Å². The first kappa shape index (κ1) is 12.2. The molecule has 0 atom stereocenters. The van der Waals surface area contributed by atoms with Crippen molar-refractivity contribution < 1.29 is 9.72 Å². The molecule has 0 radical (unpaired) electrons. The maximum atomic E-state index is 11.8. The van der Waals surface area contributed by atoms with Crippen LogP contribution >= 0.6 is 11.8 Å². The molecule has 1 heterocycles. The maximum absolute atomic E-state index is 11.8. The topological polar surface area (TPSA) is 102 Å². The Hall–Kier alpha value is -2.22. The highest BCUT2D eigenvalue weighted by Crippen LogP contribution is 2.16. The summed E-state index contributed by atoms with van der Waals surface area (Å²) in [5.41, 5.74) is 0.405. The quantitative estimate of drug-likeness (QED) is 0.381. The lowest BCUT2D eigenvalue weighted by atomic mass is 10.1. The zero-order valence-electron chi connectivity index (χ0n) is 9.07. The number of aromatic amines is 1. The van der Waals surface area contributed by atoms with E-state index in [1.54, 1.807) is 0 Å². The van der Waals surface area contributed by atoms with Crippen molar-refractivity contribution in [2.45, 2.75) is 5.16 Å². The molecule has 0 unspecified atom stereocenters. The minimum Gasteiger partial charge on any atom is -0.293 e. The van der Waals surface area contributed by atoms with Crippen molar-refractivity contribution in [1.29, 1.82) is 0 Å². The smallest absolute Gasteiger partial charge is 0.269 e. The lowest BCUT2D eigenvalue weighted by Gasteiger charge is -1.99. The predicted octanol–water partition coefficient (Wildman–Crippen LogP) is 1.69. The van der Waals surface area contributed by atoms with Crippen molar-refractivity contribution in [2.75, 3.05) is 5.75 Å². The van der Waals surface area contributed by atoms with Gasteiger partial charge in [0.2, 0.25) is 0 Å². The van der Waals surface area contributed by atoms with Crippen LogP contribution < -0.4 is 0 Å². The van der Waals surface area contributed by atoms with E-state index in [0.717, 1.165) is 0 Å². The monoisotopic (exact) mass is 264 g/mol. The molecule has 1 aromatic carbocycles. The number of non-ortho nitro benzene ring substituents is 1. The third kappa shape index (κ3) is 2.92. The van der Waals surface area contributed by atoms with E-state index in [0.29, 0.717) is 10.7 Å². The molecular formula is C10H8N4O3S. The summed E-state index contributed by atoms with van der Waals surface area (Å²) < 4.78 is 0. The summed E-state index contributed by atoms with van der Waals surface area (Å²) in [6.07, 6.45) is 1.36. The minimum absolute atomic E-state index is 0.0329. The van der Waals surface area contributed by atoms with E-state index >= 15 is 0 Å². The van der Waals surface area contributed by atoms with E-state index in [4.69, 9.17) is 0 Å². The fourth-order valence-electron chi connectivity index (χ4n) is 1.25. The first-order valence-electron chi connectivity index (χ1n) is 4.92. The molecule has 0 saturated carbocycles. The van der Waals surface area contributed by atoms with Gasteiger partial charge in [0.15, 0.2) is 10.9 Å². The highest BCUT2D eigenvalue weighted by atomic mass is 32.2. The van der Waals surface area contributed by atoms with E-state index in [1.807, 2.05) is 0 Å². The van der Waals surface area contributed by atoms with Crippen molar-refractivity contribution in [3.63, 3.8) is 0 Å². The number of hydrogen-bond acceptors (Lipinski definition) is 6. The average molecular weight is 264 g/mol. The highest BCUT2D eigenvalue weighted by Gasteiger charge is 2.10. The Bertz CT molecular complexity index is 553. The van der Waals surface area contributed by atoms with Crippen LogP contribution in [0.1, 0.15) is 10.4 Å². The Morgan fingerprint density at radius 1 is 1.39 bits per heavy atom. The number of thioether (sulfide) groups is 1. The second-order valence-electron chi connectivity index (χ2n) is 3.31. The molecule has 0 amide bonds. The molecule has 2 rings (SSSR count). The van der Waals surface area contributed by atoms with Crippen molar-refractivity contribution >= 4 is 23.2 Å². The third-order valence-electron chi connectivity index (χ3n) is 2.13. The zero-order valence-corrected chi connectivity index (χ0v) is 9.88. The van der Waals surface area contributed by atoms with Crippen LogP contribution in [0.15, 0.2) is 35.7 Å². The number of nitrogens with zero attached hydrogens (tertiary/aromatic N) is 3. The zero-order chi connectivity index (χ0) is 13.0. The first-order chi connectivity index (χ1) is 8.66. The number of rotatable bonds is 5. The molecule has 0 fully saturated rings. The molecule has 0 aliphatic carbocycles. The highest BCUT2D eigenvalue weighted by molar-refractivity contribution is 7.99. The normalized spacial score (nSPS) is 10.2. The van der Waals surface area contributed by atoms with Crippen LogP contribution in [-0.2, 0) is 0 Å². The van der Waals surface area contributed by atoms with Crippen molar-refractivity contribution in [2.24, 2.45) is 0 Å². The van der Waals surface area contributed by atoms with Crippen LogP contribution in [-0.4, -0.2) is 31.6 Å². The van der Waals surface area contributed by atoms with Gasteiger partial charge in [-0.25, -0.2) is 4.98 Å². The Labute approximate surface area is 106 Å². The van der Waals surface area contributed by atoms with E-state index in [9.17, 15) is 14.9 Å². The third-order valence-corrected chi connectivity index (χ3v) is 3.01. The fourth-order valence-corrected chi connectivity index (χ4v) is 1.92. The van der Waals surface area contributed by atoms with Gasteiger partial charge in [0.05, 0.1) is 10.7 Å². The second-order valence-corrected chi connectivity index (χ2v) is 4.27. The van der Waals surface area contributed by atoms with Crippen LogP contribution in [0.25, 0.3) is 0 Å². The number of nitro benzene ring substituents is 1. The molecule has 1 aromatic heterocycles. The van der Waals surface area contributed by atoms with E-state index in [1.165, 1.54) is 42.4 Å². The van der Waals surface area contributed by atoms with Crippen molar-refractivity contribution in [1.82, 2.24) is 15.2 Å². The van der Waals surface area contributed by atoms with Gasteiger partial charge in [-0.05, 0) is 12.1 Å². The van der Waals surface area contributed by atoms with E-state index < -0.39 is 4.92 Å². The number of Topliss-reactive ketones (excluding diaryl/α,β-unsaturated/α-hetero) is 1. The number of carbonyl (C=O) groups is 1. The number of nitro groups is 1. The molecule has 92 valence electrons. The number of aromatic nitrogens is 3. The van der Waals surface area contributed by atoms with Crippen LogP contribution in [0, 0.1) is 10.1 Å². The van der Waals surface area contributed by atoms with Crippen molar-refractivity contribution in [3.05, 3.63) is 46.3 Å². The molecule has 8 heteroatoms. The minimum atomic E-state index is -0.502. The van der Waals surface area contributed by atoms with Crippen LogP contribution in [0.4, 0.5) is 5.69 Å². The molecule has 0 aliphatic rings. The van der Waals surface area contributed by atoms with Gasteiger partial charge in [0.25, 0.3) is 5.69 Å². The van der Waals surface area contributed by atoms with Gasteiger partial charge in [-0.15, -0.1) is 0 Å². The average Bonchev–Trinajstić information content (AvgIpc) is 2.89. The summed E-state index contributed by atoms with van der Waals surface area (Å²) in [5, 5.41) is 17.3. The lowest BCUT2D eigenvalue weighted by molar-refractivity contribution is -0.384.